The molecule has 0 bridgehead atoms. The Balaban J connectivity index is 1.34. The van der Waals surface area contributed by atoms with E-state index < -0.39 is 0 Å². The molecular formula is C23H22ClFN2O3. The van der Waals surface area contributed by atoms with Crippen LogP contribution in [-0.2, 0) is 11.2 Å². The molecule has 2 aromatic carbocycles. The van der Waals surface area contributed by atoms with Crippen molar-refractivity contribution in [3.8, 4) is 5.75 Å². The minimum Gasteiger partial charge on any atom is -0.482 e. The number of hydrogen-bond acceptors (Lipinski definition) is 4. The molecule has 0 aliphatic carbocycles. The first kappa shape index (κ1) is 20.4. The molecule has 1 atom stereocenters. The van der Waals surface area contributed by atoms with Gasteiger partial charge < -0.3 is 14.1 Å². The minimum atomic E-state index is -0.262. The first-order chi connectivity index (χ1) is 14.6. The van der Waals surface area contributed by atoms with Gasteiger partial charge in [-0.1, -0.05) is 35.9 Å². The Morgan fingerprint density at radius 3 is 2.83 bits per heavy atom. The number of ether oxygens (including phenoxy) is 1. The first-order valence-electron chi connectivity index (χ1n) is 9.92. The van der Waals surface area contributed by atoms with E-state index in [1.54, 1.807) is 35.4 Å². The van der Waals surface area contributed by atoms with E-state index in [2.05, 4.69) is 4.98 Å². The van der Waals surface area contributed by atoms with Gasteiger partial charge in [-0.2, -0.15) is 0 Å². The van der Waals surface area contributed by atoms with Gasteiger partial charge >= 0.3 is 0 Å². The highest BCUT2D eigenvalue weighted by molar-refractivity contribution is 6.32. The van der Waals surface area contributed by atoms with Crippen LogP contribution in [0.3, 0.4) is 0 Å². The number of hydrogen-bond donors (Lipinski definition) is 0. The van der Waals surface area contributed by atoms with E-state index in [-0.39, 0.29) is 24.2 Å². The van der Waals surface area contributed by atoms with Crippen molar-refractivity contribution >= 4 is 17.5 Å². The van der Waals surface area contributed by atoms with Crippen LogP contribution in [0.5, 0.6) is 5.75 Å². The van der Waals surface area contributed by atoms with Gasteiger partial charge in [0, 0.05) is 19.5 Å². The van der Waals surface area contributed by atoms with Crippen molar-refractivity contribution in [2.24, 2.45) is 0 Å². The number of amides is 1. The number of benzene rings is 2. The quantitative estimate of drug-likeness (QED) is 0.563. The molecule has 7 heteroatoms. The highest BCUT2D eigenvalue weighted by Gasteiger charge is 2.28. The Kier molecular flexibility index (Phi) is 6.33. The van der Waals surface area contributed by atoms with Crippen LogP contribution in [-0.4, -0.2) is 35.5 Å². The van der Waals surface area contributed by atoms with Crippen LogP contribution >= 0.6 is 11.6 Å². The number of piperidine rings is 1. The Morgan fingerprint density at radius 2 is 2.03 bits per heavy atom. The van der Waals surface area contributed by atoms with Crippen molar-refractivity contribution in [1.29, 1.82) is 0 Å². The molecular weight excluding hydrogens is 407 g/mol. The number of para-hydroxylation sites is 1. The standard InChI is InChI=1S/C23H22ClFN2O3/c24-20-5-1-2-6-21(20)29-15-22(28)27-11-3-4-17(14-27)23-26-13-19(30-23)12-16-7-9-18(25)10-8-16/h1-2,5-10,13,17H,3-4,11-12,14-15H2/t17-/m0/s1. The second-order valence-electron chi connectivity index (χ2n) is 7.37. The summed E-state index contributed by atoms with van der Waals surface area (Å²) in [6, 6.07) is 13.4. The fraction of sp³-hybridized carbons (Fsp3) is 0.304. The molecule has 1 saturated heterocycles. The predicted molar refractivity (Wildman–Crippen MR) is 111 cm³/mol. The third-order valence-electron chi connectivity index (χ3n) is 5.17. The molecule has 2 heterocycles. The maximum atomic E-state index is 13.1. The Labute approximate surface area is 179 Å². The van der Waals surface area contributed by atoms with Gasteiger partial charge in [-0.3, -0.25) is 4.79 Å². The molecule has 3 aromatic rings. The van der Waals surface area contributed by atoms with Crippen molar-refractivity contribution in [2.75, 3.05) is 19.7 Å². The van der Waals surface area contributed by atoms with E-state index in [0.717, 1.165) is 24.2 Å². The summed E-state index contributed by atoms with van der Waals surface area (Å²) in [4.78, 5) is 18.8. The van der Waals surface area contributed by atoms with Crippen molar-refractivity contribution < 1.29 is 18.3 Å². The van der Waals surface area contributed by atoms with E-state index in [4.69, 9.17) is 20.8 Å². The van der Waals surface area contributed by atoms with Gasteiger partial charge in [0.25, 0.3) is 5.91 Å². The number of halogens is 2. The topological polar surface area (TPSA) is 55.6 Å². The molecule has 0 unspecified atom stereocenters. The van der Waals surface area contributed by atoms with Crippen molar-refractivity contribution in [3.05, 3.63) is 82.8 Å². The molecule has 0 saturated carbocycles. The zero-order chi connectivity index (χ0) is 20.9. The summed E-state index contributed by atoms with van der Waals surface area (Å²) < 4.78 is 24.6. The average molecular weight is 429 g/mol. The number of rotatable bonds is 6. The van der Waals surface area contributed by atoms with Crippen LogP contribution in [0.2, 0.25) is 5.02 Å². The lowest BCUT2D eigenvalue weighted by Crippen LogP contribution is -2.41. The van der Waals surface area contributed by atoms with E-state index in [0.29, 0.717) is 36.2 Å². The fourth-order valence-corrected chi connectivity index (χ4v) is 3.78. The molecule has 1 aliphatic heterocycles. The highest BCUT2D eigenvalue weighted by Crippen LogP contribution is 2.28. The van der Waals surface area contributed by atoms with Gasteiger partial charge in [0.05, 0.1) is 17.1 Å². The molecule has 30 heavy (non-hydrogen) atoms. The average Bonchev–Trinajstić information content (AvgIpc) is 3.23. The van der Waals surface area contributed by atoms with Crippen molar-refractivity contribution in [3.63, 3.8) is 0 Å². The van der Waals surface area contributed by atoms with E-state index in [1.807, 2.05) is 12.1 Å². The molecule has 5 nitrogen and oxygen atoms in total. The van der Waals surface area contributed by atoms with Crippen molar-refractivity contribution in [1.82, 2.24) is 9.88 Å². The monoisotopic (exact) mass is 428 g/mol. The Morgan fingerprint density at radius 1 is 1.23 bits per heavy atom. The number of aromatic nitrogens is 1. The normalized spacial score (nSPS) is 16.5. The maximum absolute atomic E-state index is 13.1. The van der Waals surface area contributed by atoms with E-state index >= 15 is 0 Å². The van der Waals surface area contributed by atoms with Crippen LogP contribution in [0.4, 0.5) is 4.39 Å². The molecule has 1 aliphatic rings. The largest absolute Gasteiger partial charge is 0.482 e. The Bertz CT molecular complexity index is 1010. The van der Waals surface area contributed by atoms with Crippen LogP contribution in [0.15, 0.2) is 59.1 Å². The van der Waals surface area contributed by atoms with Gasteiger partial charge in [-0.05, 0) is 42.7 Å². The fourth-order valence-electron chi connectivity index (χ4n) is 3.59. The predicted octanol–water partition coefficient (Wildman–Crippen LogP) is 4.84. The zero-order valence-electron chi connectivity index (χ0n) is 16.4. The highest BCUT2D eigenvalue weighted by atomic mass is 35.5. The number of carbonyl (C=O) groups is 1. The summed E-state index contributed by atoms with van der Waals surface area (Å²) >= 11 is 6.08. The third kappa shape index (κ3) is 5.00. The summed E-state index contributed by atoms with van der Waals surface area (Å²) in [5.74, 6) is 1.56. The first-order valence-corrected chi connectivity index (χ1v) is 10.3. The third-order valence-corrected chi connectivity index (χ3v) is 5.49. The molecule has 4 rings (SSSR count). The van der Waals surface area contributed by atoms with Gasteiger partial charge in [0.1, 0.15) is 17.3 Å². The van der Waals surface area contributed by atoms with Crippen LogP contribution < -0.4 is 4.74 Å². The van der Waals surface area contributed by atoms with Gasteiger partial charge in [-0.15, -0.1) is 0 Å². The molecule has 156 valence electrons. The maximum Gasteiger partial charge on any atom is 0.260 e. The van der Waals surface area contributed by atoms with E-state index in [9.17, 15) is 9.18 Å². The van der Waals surface area contributed by atoms with Crippen molar-refractivity contribution in [2.45, 2.75) is 25.2 Å². The smallest absolute Gasteiger partial charge is 0.260 e. The molecule has 0 spiro atoms. The zero-order valence-corrected chi connectivity index (χ0v) is 17.1. The second-order valence-corrected chi connectivity index (χ2v) is 7.77. The SMILES string of the molecule is O=C(COc1ccccc1Cl)N1CCC[C@H](c2ncc(Cc3ccc(F)cc3)o2)C1. The molecule has 1 aromatic heterocycles. The van der Waals surface area contributed by atoms with Gasteiger partial charge in [0.2, 0.25) is 0 Å². The molecule has 0 N–H and O–H groups in total. The second kappa shape index (κ2) is 9.30. The minimum absolute atomic E-state index is 0.0463. The lowest BCUT2D eigenvalue weighted by Gasteiger charge is -2.31. The van der Waals surface area contributed by atoms with Crippen LogP contribution in [0.25, 0.3) is 0 Å². The number of carbonyl (C=O) groups excluding carboxylic acids is 1. The summed E-state index contributed by atoms with van der Waals surface area (Å²) in [7, 11) is 0. The van der Waals surface area contributed by atoms with Crippen LogP contribution in [0.1, 0.15) is 36.0 Å². The summed E-state index contributed by atoms with van der Waals surface area (Å²) in [6.45, 7) is 1.17. The number of oxazole rings is 1. The van der Waals surface area contributed by atoms with Gasteiger partial charge in [-0.25, -0.2) is 9.37 Å². The molecule has 1 amide bonds. The number of nitrogens with zero attached hydrogens (tertiary/aromatic N) is 2. The van der Waals surface area contributed by atoms with E-state index in [1.165, 1.54) is 12.1 Å². The molecule has 0 radical (unpaired) electrons. The summed E-state index contributed by atoms with van der Waals surface area (Å²) in [5.41, 5.74) is 0.955. The lowest BCUT2D eigenvalue weighted by molar-refractivity contribution is -0.134. The van der Waals surface area contributed by atoms with Crippen LogP contribution in [0, 0.1) is 5.82 Å². The lowest BCUT2D eigenvalue weighted by atomic mass is 9.98. The van der Waals surface area contributed by atoms with Gasteiger partial charge in [0.15, 0.2) is 12.5 Å². The Hall–Kier alpha value is -2.86. The summed E-state index contributed by atoms with van der Waals surface area (Å²) in [5, 5.41) is 0.482. The summed E-state index contributed by atoms with van der Waals surface area (Å²) in [6.07, 6.45) is 4.04. The molecule has 1 fully saturated rings. The number of likely N-dealkylation sites (tertiary alicyclic amines) is 1.